The van der Waals surface area contributed by atoms with Crippen LogP contribution in [0, 0.1) is 11.8 Å². The van der Waals surface area contributed by atoms with Gasteiger partial charge in [-0.1, -0.05) is 36.4 Å². The van der Waals surface area contributed by atoms with Gasteiger partial charge in [0.15, 0.2) is 11.4 Å². The number of rotatable bonds is 7. The normalized spacial score (nSPS) is 25.2. The summed E-state index contributed by atoms with van der Waals surface area (Å²) < 4.78 is 0. The van der Waals surface area contributed by atoms with E-state index < -0.39 is 69.7 Å². The molecule has 3 aliphatic rings. The Kier molecular flexibility index (Phi) is 7.39. The number of primary amides is 1. The molecular formula is C30H32N4O8. The lowest BCUT2D eigenvalue weighted by Crippen LogP contribution is -2.65. The molecule has 5 rings (SSSR count). The monoisotopic (exact) mass is 576 g/mol. The van der Waals surface area contributed by atoms with E-state index in [1.165, 1.54) is 11.0 Å². The molecule has 0 aromatic heterocycles. The number of aliphatic hydroxyl groups excluding tert-OH is 2. The molecule has 3 aliphatic carbocycles. The second-order valence-electron chi connectivity index (χ2n) is 11.1. The van der Waals surface area contributed by atoms with Crippen LogP contribution in [0.3, 0.4) is 0 Å². The first-order chi connectivity index (χ1) is 19.9. The molecular weight excluding hydrogens is 544 g/mol. The number of phenolic OH excluding ortho intramolecular Hbond substituents is 1. The van der Waals surface area contributed by atoms with Crippen LogP contribution in [0.2, 0.25) is 0 Å². The van der Waals surface area contributed by atoms with Gasteiger partial charge in [0.2, 0.25) is 11.7 Å². The smallest absolute Gasteiger partial charge is 0.255 e. The summed E-state index contributed by atoms with van der Waals surface area (Å²) in [5.41, 5.74) is 2.87. The lowest BCUT2D eigenvalue weighted by atomic mass is 9.57. The fraction of sp³-hybridized carbons (Fsp3) is 0.333. The van der Waals surface area contributed by atoms with Crippen molar-refractivity contribution in [1.29, 1.82) is 0 Å². The van der Waals surface area contributed by atoms with Gasteiger partial charge in [0.25, 0.3) is 5.91 Å². The fourth-order valence-electron chi connectivity index (χ4n) is 6.43. The first kappa shape index (κ1) is 29.0. The number of amides is 2. The van der Waals surface area contributed by atoms with Crippen molar-refractivity contribution in [3.05, 3.63) is 76.1 Å². The number of carbonyl (C=O) groups is 4. The maximum atomic E-state index is 13.9. The largest absolute Gasteiger partial charge is 0.508 e. The number of nitrogens with zero attached hydrogens (tertiary/aromatic N) is 1. The number of phenols is 1. The predicted molar refractivity (Wildman–Crippen MR) is 151 cm³/mol. The second-order valence-corrected chi connectivity index (χ2v) is 11.1. The molecule has 8 N–H and O–H groups in total. The highest BCUT2D eigenvalue weighted by atomic mass is 16.3. The molecule has 0 saturated heterocycles. The van der Waals surface area contributed by atoms with Crippen LogP contribution in [0.1, 0.15) is 23.1 Å². The van der Waals surface area contributed by atoms with Crippen molar-refractivity contribution in [2.45, 2.75) is 31.0 Å². The fourth-order valence-corrected chi connectivity index (χ4v) is 6.43. The average molecular weight is 577 g/mol. The van der Waals surface area contributed by atoms with E-state index in [0.717, 1.165) is 5.56 Å². The number of ketones is 2. The van der Waals surface area contributed by atoms with Crippen LogP contribution < -0.4 is 16.4 Å². The molecule has 0 aliphatic heterocycles. The predicted octanol–water partition coefficient (Wildman–Crippen LogP) is 0.692. The number of fused-ring (bicyclic) bond motifs is 3. The van der Waals surface area contributed by atoms with Crippen molar-refractivity contribution < 1.29 is 39.6 Å². The summed E-state index contributed by atoms with van der Waals surface area (Å²) in [5, 5.41) is 50.6. The standard InChI is InChI=1S/C30H32N4O8/c1-34(2)23-17-11-16-10-15-8-9-18(33-19(35)13-32-12-14-6-4-3-5-7-14)24(36)20(15)25(37)21(16)27(39)30(17,42)28(40)22(26(23)38)29(31)41/h3-9,16-17,23,32,36-37,40,42H,10-13H2,1-2H3,(H2,31,41)(H,33,35)/t16?,17?,23-,30?/m0/s1. The number of anilines is 1. The molecule has 2 amide bonds. The van der Waals surface area contributed by atoms with Gasteiger partial charge in [-0.3, -0.25) is 24.1 Å². The Morgan fingerprint density at radius 1 is 1.07 bits per heavy atom. The Balaban J connectivity index is 1.47. The van der Waals surface area contributed by atoms with Crippen LogP contribution in [-0.2, 0) is 32.1 Å². The lowest BCUT2D eigenvalue weighted by Gasteiger charge is -2.50. The van der Waals surface area contributed by atoms with Crippen molar-refractivity contribution in [3.63, 3.8) is 0 Å². The molecule has 0 heterocycles. The highest BCUT2D eigenvalue weighted by molar-refractivity contribution is 6.24. The number of carbonyl (C=O) groups excluding carboxylic acids is 4. The van der Waals surface area contributed by atoms with Crippen molar-refractivity contribution in [1.82, 2.24) is 10.2 Å². The number of likely N-dealkylation sites (N-methyl/N-ethyl adjacent to an activating group) is 1. The Hall–Kier alpha value is -4.52. The first-order valence-corrected chi connectivity index (χ1v) is 13.4. The van der Waals surface area contributed by atoms with Crippen LogP contribution in [-0.4, -0.2) is 81.0 Å². The van der Waals surface area contributed by atoms with Gasteiger partial charge in [-0.25, -0.2) is 0 Å². The van der Waals surface area contributed by atoms with Crippen LogP contribution >= 0.6 is 0 Å². The topological polar surface area (TPSA) is 203 Å². The summed E-state index contributed by atoms with van der Waals surface area (Å²) in [6.45, 7) is 0.386. The molecule has 0 radical (unpaired) electrons. The second kappa shape index (κ2) is 10.7. The maximum absolute atomic E-state index is 13.9. The summed E-state index contributed by atoms with van der Waals surface area (Å²) in [6.07, 6.45) is 0.160. The van der Waals surface area contributed by atoms with Gasteiger partial charge < -0.3 is 36.8 Å². The quantitative estimate of drug-likeness (QED) is 0.182. The summed E-state index contributed by atoms with van der Waals surface area (Å²) in [6, 6.07) is 11.4. The van der Waals surface area contributed by atoms with Crippen molar-refractivity contribution in [2.75, 3.05) is 26.0 Å². The summed E-state index contributed by atoms with van der Waals surface area (Å²) in [7, 11) is 3.08. The third-order valence-corrected chi connectivity index (χ3v) is 8.32. The summed E-state index contributed by atoms with van der Waals surface area (Å²) in [5.74, 6) is -7.72. The number of benzene rings is 2. The molecule has 220 valence electrons. The molecule has 1 fully saturated rings. The minimum Gasteiger partial charge on any atom is -0.508 e. The van der Waals surface area contributed by atoms with Crippen LogP contribution in [0.5, 0.6) is 5.75 Å². The van der Waals surface area contributed by atoms with Crippen LogP contribution in [0.25, 0.3) is 5.76 Å². The summed E-state index contributed by atoms with van der Waals surface area (Å²) >= 11 is 0. The highest BCUT2D eigenvalue weighted by Gasteiger charge is 2.64. The maximum Gasteiger partial charge on any atom is 0.255 e. The van der Waals surface area contributed by atoms with Gasteiger partial charge >= 0.3 is 0 Å². The highest BCUT2D eigenvalue weighted by Crippen LogP contribution is 2.53. The van der Waals surface area contributed by atoms with E-state index >= 15 is 0 Å². The number of nitrogens with two attached hydrogens (primary N) is 1. The van der Waals surface area contributed by atoms with E-state index in [-0.39, 0.29) is 36.2 Å². The number of aliphatic hydroxyl groups is 3. The molecule has 3 unspecified atom stereocenters. The summed E-state index contributed by atoms with van der Waals surface area (Å²) in [4.78, 5) is 53.1. The number of hydrogen-bond acceptors (Lipinski definition) is 10. The Morgan fingerprint density at radius 2 is 1.76 bits per heavy atom. The van der Waals surface area contributed by atoms with Gasteiger partial charge in [0, 0.05) is 18.0 Å². The van der Waals surface area contributed by atoms with Crippen molar-refractivity contribution in [3.8, 4) is 5.75 Å². The SMILES string of the molecule is CN(C)[C@@H]1C(=O)C(C(N)=O)=C(O)C2(O)C(=O)C3=C(O)c4c(ccc(NC(=O)CNCc5ccccc5)c4O)CC3CC12. The Labute approximate surface area is 241 Å². The number of hydrogen-bond donors (Lipinski definition) is 7. The molecule has 12 heteroatoms. The zero-order chi connectivity index (χ0) is 30.5. The number of nitrogens with one attached hydrogen (secondary N) is 2. The molecule has 2 aromatic rings. The van der Waals surface area contributed by atoms with Crippen LogP contribution in [0.15, 0.2) is 59.4 Å². The Bertz CT molecular complexity index is 1560. The zero-order valence-electron chi connectivity index (χ0n) is 23.0. The molecule has 12 nitrogen and oxygen atoms in total. The molecule has 1 saturated carbocycles. The molecule has 0 bridgehead atoms. The van der Waals surface area contributed by atoms with Gasteiger partial charge in [-0.2, -0.15) is 0 Å². The van der Waals surface area contributed by atoms with E-state index in [2.05, 4.69) is 10.6 Å². The number of aromatic hydroxyl groups is 1. The Morgan fingerprint density at radius 3 is 2.40 bits per heavy atom. The third-order valence-electron chi connectivity index (χ3n) is 8.32. The minimum absolute atomic E-state index is 0.000371. The van der Waals surface area contributed by atoms with Gasteiger partial charge in [-0.05, 0) is 50.0 Å². The van der Waals surface area contributed by atoms with Gasteiger partial charge in [-0.15, -0.1) is 0 Å². The molecule has 42 heavy (non-hydrogen) atoms. The van der Waals surface area contributed by atoms with Gasteiger partial charge in [0.1, 0.15) is 22.8 Å². The first-order valence-electron chi connectivity index (χ1n) is 13.4. The molecule has 4 atom stereocenters. The third kappa shape index (κ3) is 4.53. The zero-order valence-corrected chi connectivity index (χ0v) is 23.0. The van der Waals surface area contributed by atoms with E-state index in [9.17, 15) is 39.6 Å². The molecule has 2 aromatic carbocycles. The molecule has 0 spiro atoms. The van der Waals surface area contributed by atoms with E-state index in [4.69, 9.17) is 5.73 Å². The number of Topliss-reactive ketones (excluding diaryl/α,β-unsaturated/α-hetero) is 2. The van der Waals surface area contributed by atoms with E-state index in [0.29, 0.717) is 12.1 Å². The van der Waals surface area contributed by atoms with E-state index in [1.54, 1.807) is 20.2 Å². The van der Waals surface area contributed by atoms with Crippen LogP contribution in [0.4, 0.5) is 5.69 Å². The average Bonchev–Trinajstić information content (AvgIpc) is 2.92. The lowest BCUT2D eigenvalue weighted by molar-refractivity contribution is -0.153. The van der Waals surface area contributed by atoms with Crippen molar-refractivity contribution >= 4 is 34.8 Å². The minimum atomic E-state index is -2.71. The van der Waals surface area contributed by atoms with Crippen molar-refractivity contribution in [2.24, 2.45) is 17.6 Å². The van der Waals surface area contributed by atoms with E-state index in [1.807, 2.05) is 30.3 Å². The van der Waals surface area contributed by atoms with Gasteiger partial charge in [0.05, 0.1) is 23.8 Å².